The summed E-state index contributed by atoms with van der Waals surface area (Å²) in [5.74, 6) is 0. The molecule has 0 aliphatic heterocycles. The molecule has 0 aliphatic rings. The van der Waals surface area contributed by atoms with Crippen molar-refractivity contribution in [2.24, 2.45) is 7.05 Å². The second kappa shape index (κ2) is 7.07. The molecule has 0 spiro atoms. The Balaban J connectivity index is 1.72. The van der Waals surface area contributed by atoms with Crippen LogP contribution in [0, 0.1) is 0 Å². The van der Waals surface area contributed by atoms with Gasteiger partial charge in [0.1, 0.15) is 0 Å². The predicted octanol–water partition coefficient (Wildman–Crippen LogP) is 1.90. The summed E-state index contributed by atoms with van der Waals surface area (Å²) in [4.78, 5) is 0. The molecule has 0 aliphatic carbocycles. The summed E-state index contributed by atoms with van der Waals surface area (Å²) in [6.45, 7) is 2.53. The van der Waals surface area contributed by atoms with Gasteiger partial charge in [0, 0.05) is 45.6 Å². The molecule has 0 unspecified atom stereocenters. The zero-order valence-electron chi connectivity index (χ0n) is 11.6. The van der Waals surface area contributed by atoms with Crippen LogP contribution < -0.4 is 5.32 Å². The lowest BCUT2D eigenvalue weighted by molar-refractivity contribution is 0.185. The minimum atomic E-state index is 0.675. The highest BCUT2D eigenvalue weighted by Crippen LogP contribution is 2.05. The van der Waals surface area contributed by atoms with Gasteiger partial charge in [-0.2, -0.15) is 5.10 Å². The van der Waals surface area contributed by atoms with Crippen molar-refractivity contribution in [1.82, 2.24) is 15.1 Å². The van der Waals surface area contributed by atoms with E-state index in [4.69, 9.17) is 4.74 Å². The summed E-state index contributed by atoms with van der Waals surface area (Å²) in [5, 5.41) is 7.60. The van der Waals surface area contributed by atoms with Crippen molar-refractivity contribution in [2.45, 2.75) is 19.6 Å². The molecule has 1 heterocycles. The van der Waals surface area contributed by atoms with Gasteiger partial charge in [0.05, 0.1) is 6.61 Å². The smallest absolute Gasteiger partial charge is 0.0713 e. The fraction of sp³-hybridized carbons (Fsp3) is 0.400. The van der Waals surface area contributed by atoms with E-state index in [-0.39, 0.29) is 0 Å². The fourth-order valence-electron chi connectivity index (χ4n) is 2.02. The minimum Gasteiger partial charge on any atom is -0.380 e. The number of hydrogen-bond donors (Lipinski definition) is 1. The van der Waals surface area contributed by atoms with E-state index < -0.39 is 0 Å². The average Bonchev–Trinajstić information content (AvgIpc) is 2.83. The maximum Gasteiger partial charge on any atom is 0.0713 e. The minimum absolute atomic E-state index is 0.675. The van der Waals surface area contributed by atoms with E-state index in [1.165, 1.54) is 16.8 Å². The first-order valence-electron chi connectivity index (χ1n) is 6.54. The first-order valence-corrected chi connectivity index (χ1v) is 6.54. The molecule has 0 saturated heterocycles. The van der Waals surface area contributed by atoms with Gasteiger partial charge < -0.3 is 10.1 Å². The van der Waals surface area contributed by atoms with E-state index in [9.17, 15) is 0 Å². The molecule has 0 atom stereocenters. The molecule has 0 bridgehead atoms. The van der Waals surface area contributed by atoms with Crippen LogP contribution in [0.5, 0.6) is 0 Å². The van der Waals surface area contributed by atoms with E-state index in [1.807, 2.05) is 17.9 Å². The van der Waals surface area contributed by atoms with Crippen molar-refractivity contribution >= 4 is 0 Å². The molecule has 0 radical (unpaired) electrons. The molecule has 19 heavy (non-hydrogen) atoms. The monoisotopic (exact) mass is 259 g/mol. The van der Waals surface area contributed by atoms with Crippen molar-refractivity contribution in [1.29, 1.82) is 0 Å². The fourth-order valence-corrected chi connectivity index (χ4v) is 2.02. The van der Waals surface area contributed by atoms with E-state index in [2.05, 4.69) is 40.7 Å². The largest absolute Gasteiger partial charge is 0.380 e. The molecule has 0 amide bonds. The van der Waals surface area contributed by atoms with Crippen LogP contribution >= 0.6 is 0 Å². The number of benzene rings is 1. The highest BCUT2D eigenvalue weighted by molar-refractivity contribution is 5.21. The van der Waals surface area contributed by atoms with Crippen LogP contribution in [0.2, 0.25) is 0 Å². The summed E-state index contributed by atoms with van der Waals surface area (Å²) >= 11 is 0. The van der Waals surface area contributed by atoms with Gasteiger partial charge >= 0.3 is 0 Å². The number of methoxy groups -OCH3 is 1. The number of ether oxygens (including phenoxy) is 1. The summed E-state index contributed by atoms with van der Waals surface area (Å²) < 4.78 is 7.01. The van der Waals surface area contributed by atoms with Crippen molar-refractivity contribution < 1.29 is 4.74 Å². The normalized spacial score (nSPS) is 10.8. The first-order chi connectivity index (χ1) is 9.29. The topological polar surface area (TPSA) is 39.1 Å². The molecule has 1 aromatic heterocycles. The molecule has 1 N–H and O–H groups in total. The lowest BCUT2D eigenvalue weighted by atomic mass is 10.1. The predicted molar refractivity (Wildman–Crippen MR) is 75.8 cm³/mol. The van der Waals surface area contributed by atoms with Gasteiger partial charge in [0.2, 0.25) is 0 Å². The van der Waals surface area contributed by atoms with Crippen LogP contribution in [0.25, 0.3) is 0 Å². The highest BCUT2D eigenvalue weighted by atomic mass is 16.5. The highest BCUT2D eigenvalue weighted by Gasteiger charge is 1.98. The summed E-state index contributed by atoms with van der Waals surface area (Å²) in [6, 6.07) is 10.6. The molecule has 2 aromatic rings. The van der Waals surface area contributed by atoms with Gasteiger partial charge in [-0.1, -0.05) is 24.3 Å². The Kier molecular flexibility index (Phi) is 5.12. The van der Waals surface area contributed by atoms with Crippen LogP contribution in [-0.2, 0) is 31.4 Å². The molecule has 0 fully saturated rings. The van der Waals surface area contributed by atoms with Crippen LogP contribution in [0.3, 0.4) is 0 Å². The SMILES string of the molecule is COCc1ccc(CNCCc2ccnn2C)cc1. The third-order valence-corrected chi connectivity index (χ3v) is 3.14. The molecule has 1 aromatic carbocycles. The van der Waals surface area contributed by atoms with Crippen molar-refractivity contribution in [3.63, 3.8) is 0 Å². The zero-order valence-corrected chi connectivity index (χ0v) is 11.6. The van der Waals surface area contributed by atoms with Crippen molar-refractivity contribution in [3.05, 3.63) is 53.3 Å². The lowest BCUT2D eigenvalue weighted by Gasteiger charge is -2.06. The van der Waals surface area contributed by atoms with Gasteiger partial charge in [-0.3, -0.25) is 4.68 Å². The number of aryl methyl sites for hydroxylation is 1. The maximum atomic E-state index is 5.09. The Morgan fingerprint density at radius 3 is 2.53 bits per heavy atom. The summed E-state index contributed by atoms with van der Waals surface area (Å²) in [6.07, 6.45) is 2.84. The second-order valence-electron chi connectivity index (χ2n) is 4.62. The van der Waals surface area contributed by atoms with Crippen molar-refractivity contribution in [2.75, 3.05) is 13.7 Å². The van der Waals surface area contributed by atoms with Gasteiger partial charge in [0.25, 0.3) is 0 Å². The molecular weight excluding hydrogens is 238 g/mol. The Labute approximate surface area is 114 Å². The average molecular weight is 259 g/mol. The third kappa shape index (κ3) is 4.19. The summed E-state index contributed by atoms with van der Waals surface area (Å²) in [5.41, 5.74) is 3.76. The zero-order chi connectivity index (χ0) is 13.5. The number of aromatic nitrogens is 2. The Bertz CT molecular complexity index is 490. The Morgan fingerprint density at radius 1 is 1.16 bits per heavy atom. The second-order valence-corrected chi connectivity index (χ2v) is 4.62. The molecular formula is C15H21N3O. The Hall–Kier alpha value is -1.65. The van der Waals surface area contributed by atoms with Gasteiger partial charge in [-0.25, -0.2) is 0 Å². The first kappa shape index (κ1) is 13.8. The number of rotatable bonds is 7. The van der Waals surface area contributed by atoms with E-state index >= 15 is 0 Å². The number of nitrogens with zero attached hydrogens (tertiary/aromatic N) is 2. The number of nitrogens with one attached hydrogen (secondary N) is 1. The van der Waals surface area contributed by atoms with Gasteiger partial charge in [-0.15, -0.1) is 0 Å². The third-order valence-electron chi connectivity index (χ3n) is 3.14. The Morgan fingerprint density at radius 2 is 1.89 bits per heavy atom. The maximum absolute atomic E-state index is 5.09. The molecule has 0 saturated carbocycles. The molecule has 102 valence electrons. The standard InChI is InChI=1S/C15H21N3O/c1-18-15(8-10-17-18)7-9-16-11-13-3-5-14(6-4-13)12-19-2/h3-6,8,10,16H,7,9,11-12H2,1-2H3. The molecule has 4 nitrogen and oxygen atoms in total. The van der Waals surface area contributed by atoms with Crippen LogP contribution in [0.4, 0.5) is 0 Å². The lowest BCUT2D eigenvalue weighted by Crippen LogP contribution is -2.17. The van der Waals surface area contributed by atoms with Crippen LogP contribution in [0.15, 0.2) is 36.5 Å². The van der Waals surface area contributed by atoms with Crippen LogP contribution in [-0.4, -0.2) is 23.4 Å². The summed E-state index contributed by atoms with van der Waals surface area (Å²) in [7, 11) is 3.69. The van der Waals surface area contributed by atoms with E-state index in [0.717, 1.165) is 19.5 Å². The quantitative estimate of drug-likeness (QED) is 0.772. The van der Waals surface area contributed by atoms with Crippen LogP contribution in [0.1, 0.15) is 16.8 Å². The van der Waals surface area contributed by atoms with Gasteiger partial charge in [0.15, 0.2) is 0 Å². The van der Waals surface area contributed by atoms with Crippen molar-refractivity contribution in [3.8, 4) is 0 Å². The van der Waals surface area contributed by atoms with E-state index in [1.54, 1.807) is 7.11 Å². The van der Waals surface area contributed by atoms with Gasteiger partial charge in [-0.05, 0) is 17.2 Å². The number of hydrogen-bond acceptors (Lipinski definition) is 3. The molecule has 4 heteroatoms. The molecule has 2 rings (SSSR count). The van der Waals surface area contributed by atoms with E-state index in [0.29, 0.717) is 6.61 Å².